The number of unbranched alkanes of at least 4 members (excludes halogenated alkanes) is 5. The summed E-state index contributed by atoms with van der Waals surface area (Å²) >= 11 is 0. The number of hydrogen-bond acceptors (Lipinski definition) is 7. The van der Waals surface area contributed by atoms with E-state index < -0.39 is 26.5 Å². The third-order valence-electron chi connectivity index (χ3n) is 4.24. The second-order valence-electron chi connectivity index (χ2n) is 8.34. The molecule has 0 bridgehead atoms. The van der Waals surface area contributed by atoms with Crippen molar-refractivity contribution in [1.29, 1.82) is 0 Å². The largest absolute Gasteiger partial charge is 0.472 e. The Labute approximate surface area is 186 Å². The molecule has 10 heteroatoms. The van der Waals surface area contributed by atoms with Gasteiger partial charge in [0.25, 0.3) is 6.47 Å². The molecule has 0 aromatic heterocycles. The summed E-state index contributed by atoms with van der Waals surface area (Å²) in [6.45, 7) is 2.19. The van der Waals surface area contributed by atoms with Gasteiger partial charge in [0.15, 0.2) is 6.10 Å². The lowest BCUT2D eigenvalue weighted by Crippen LogP contribution is -2.37. The lowest BCUT2D eigenvalue weighted by Gasteiger charge is -2.24. The average molecular weight is 467 g/mol. The van der Waals surface area contributed by atoms with Crippen molar-refractivity contribution >= 4 is 20.3 Å². The predicted molar refractivity (Wildman–Crippen MR) is 118 cm³/mol. The van der Waals surface area contributed by atoms with Crippen molar-refractivity contribution in [3.05, 3.63) is 12.2 Å². The Kier molecular flexibility index (Phi) is 16.6. The van der Waals surface area contributed by atoms with Crippen molar-refractivity contribution in [2.24, 2.45) is 0 Å². The average Bonchev–Trinajstić information content (AvgIpc) is 2.67. The second kappa shape index (κ2) is 17.3. The van der Waals surface area contributed by atoms with E-state index in [4.69, 9.17) is 13.8 Å². The molecule has 2 atom stereocenters. The zero-order chi connectivity index (χ0) is 23.6. The molecule has 0 rings (SSSR count). The molecule has 0 aliphatic heterocycles. The highest BCUT2D eigenvalue weighted by Crippen LogP contribution is 2.43. The van der Waals surface area contributed by atoms with Crippen LogP contribution in [0.25, 0.3) is 0 Å². The predicted octanol–water partition coefficient (Wildman–Crippen LogP) is 3.61. The zero-order valence-corrected chi connectivity index (χ0v) is 20.4. The molecule has 0 aromatic carbocycles. The fourth-order valence-corrected chi connectivity index (χ4v) is 3.24. The Morgan fingerprint density at radius 3 is 2.35 bits per heavy atom. The Morgan fingerprint density at radius 2 is 1.71 bits per heavy atom. The molecule has 31 heavy (non-hydrogen) atoms. The first-order valence-electron chi connectivity index (χ1n) is 10.9. The molecule has 0 aromatic rings. The van der Waals surface area contributed by atoms with Crippen LogP contribution in [0.5, 0.6) is 0 Å². The van der Waals surface area contributed by atoms with Crippen LogP contribution in [0.4, 0.5) is 0 Å². The molecule has 0 fully saturated rings. The highest BCUT2D eigenvalue weighted by atomic mass is 31.2. The van der Waals surface area contributed by atoms with E-state index >= 15 is 0 Å². The van der Waals surface area contributed by atoms with Crippen LogP contribution in [-0.2, 0) is 32.7 Å². The number of carbonyl (C=O) groups excluding carboxylic acids is 2. The van der Waals surface area contributed by atoms with E-state index in [1.807, 2.05) is 21.1 Å². The molecule has 182 valence electrons. The van der Waals surface area contributed by atoms with Gasteiger partial charge >= 0.3 is 13.8 Å². The Balaban J connectivity index is 4.19. The number of hydrogen-bond donors (Lipinski definition) is 1. The van der Waals surface area contributed by atoms with Crippen molar-refractivity contribution in [2.45, 2.75) is 64.4 Å². The first-order chi connectivity index (χ1) is 14.6. The number of carbonyl (C=O) groups is 2. The molecule has 9 nitrogen and oxygen atoms in total. The summed E-state index contributed by atoms with van der Waals surface area (Å²) in [6, 6.07) is 0. The Hall–Kier alpha value is -1.25. The molecule has 0 spiro atoms. The highest BCUT2D eigenvalue weighted by molar-refractivity contribution is 7.47. The quantitative estimate of drug-likeness (QED) is 0.0724. The van der Waals surface area contributed by atoms with Gasteiger partial charge in [0.1, 0.15) is 19.8 Å². The van der Waals surface area contributed by atoms with Crippen LogP contribution in [0, 0.1) is 0 Å². The van der Waals surface area contributed by atoms with Gasteiger partial charge in [-0.2, -0.15) is 0 Å². The number of nitrogens with zero attached hydrogens (tertiary/aromatic N) is 1. The summed E-state index contributed by atoms with van der Waals surface area (Å²) in [6.07, 6.45) is 10.7. The number of likely N-dealkylation sites (N-methyl/N-ethyl adjacent to an activating group) is 1. The van der Waals surface area contributed by atoms with Gasteiger partial charge < -0.3 is 18.9 Å². The molecule has 1 N–H and O–H groups in total. The molecule has 0 heterocycles. The van der Waals surface area contributed by atoms with E-state index in [1.54, 1.807) is 0 Å². The van der Waals surface area contributed by atoms with Crippen LogP contribution in [0.15, 0.2) is 12.2 Å². The fraction of sp³-hybridized carbons (Fsp3) is 0.810. The SMILES string of the molecule is CC/C=C/CCCCCCCC(=O)O[C@@H](COC=O)COP(=O)(O)OCC[N+](C)(C)C. The van der Waals surface area contributed by atoms with Crippen molar-refractivity contribution in [2.75, 3.05) is 47.5 Å². The van der Waals surface area contributed by atoms with Gasteiger partial charge in [-0.25, -0.2) is 4.57 Å². The number of rotatable bonds is 20. The summed E-state index contributed by atoms with van der Waals surface area (Å²) in [5, 5.41) is 0. The van der Waals surface area contributed by atoms with Crippen LogP contribution >= 0.6 is 7.82 Å². The molecule has 0 saturated heterocycles. The molecule has 1 unspecified atom stereocenters. The van der Waals surface area contributed by atoms with Crippen molar-refractivity contribution in [1.82, 2.24) is 0 Å². The fourth-order valence-electron chi connectivity index (χ4n) is 2.50. The van der Waals surface area contributed by atoms with Gasteiger partial charge in [-0.3, -0.25) is 18.6 Å². The summed E-state index contributed by atoms with van der Waals surface area (Å²) < 4.78 is 32.2. The number of quaternary nitrogens is 1. The van der Waals surface area contributed by atoms with Crippen LogP contribution in [-0.4, -0.2) is 75.4 Å². The Bertz CT molecular complexity index is 562. The number of phosphoric ester groups is 1. The third kappa shape index (κ3) is 20.4. The molecular weight excluding hydrogens is 425 g/mol. The summed E-state index contributed by atoms with van der Waals surface area (Å²) in [5.74, 6) is -0.465. The molecule has 0 amide bonds. The van der Waals surface area contributed by atoms with Crippen molar-refractivity contribution in [3.8, 4) is 0 Å². The minimum absolute atomic E-state index is 0.0292. The number of ether oxygens (including phenoxy) is 2. The van der Waals surface area contributed by atoms with Crippen LogP contribution < -0.4 is 0 Å². The van der Waals surface area contributed by atoms with Gasteiger partial charge in [-0.05, 0) is 25.7 Å². The van der Waals surface area contributed by atoms with Crippen molar-refractivity contribution in [3.63, 3.8) is 0 Å². The summed E-state index contributed by atoms with van der Waals surface area (Å²) in [7, 11) is 1.46. The third-order valence-corrected chi connectivity index (χ3v) is 5.23. The van der Waals surface area contributed by atoms with Gasteiger partial charge in [0.05, 0.1) is 27.7 Å². The summed E-state index contributed by atoms with van der Waals surface area (Å²) in [5.41, 5.74) is 0. The van der Waals surface area contributed by atoms with E-state index in [0.29, 0.717) is 17.4 Å². The normalized spacial score (nSPS) is 14.9. The number of esters is 1. The van der Waals surface area contributed by atoms with Gasteiger partial charge in [-0.1, -0.05) is 38.3 Å². The minimum Gasteiger partial charge on any atom is -0.464 e. The zero-order valence-electron chi connectivity index (χ0n) is 19.5. The topological polar surface area (TPSA) is 108 Å². The Morgan fingerprint density at radius 1 is 1.03 bits per heavy atom. The molecular formula is C21H41NO8P+. The lowest BCUT2D eigenvalue weighted by atomic mass is 10.1. The van der Waals surface area contributed by atoms with Crippen LogP contribution in [0.1, 0.15) is 58.3 Å². The van der Waals surface area contributed by atoms with Crippen LogP contribution in [0.2, 0.25) is 0 Å². The maximum atomic E-state index is 12.0. The molecule has 0 saturated carbocycles. The van der Waals surface area contributed by atoms with E-state index in [-0.39, 0.29) is 26.1 Å². The standard InChI is InChI=1S/C21H40NO8P/c1-5-6-7-8-9-10-11-12-13-14-21(24)30-20(17-27-19-23)18-29-31(25,26)28-16-15-22(2,3)4/h6-7,19-20H,5,8-18H2,1-4H3/p+1/b7-6+/t20-/m0/s1. The van der Waals surface area contributed by atoms with Gasteiger partial charge in [0, 0.05) is 6.42 Å². The molecule has 0 radical (unpaired) electrons. The highest BCUT2D eigenvalue weighted by Gasteiger charge is 2.26. The monoisotopic (exact) mass is 466 g/mol. The lowest BCUT2D eigenvalue weighted by molar-refractivity contribution is -0.870. The van der Waals surface area contributed by atoms with E-state index in [0.717, 1.165) is 38.5 Å². The minimum atomic E-state index is -4.30. The van der Waals surface area contributed by atoms with E-state index in [2.05, 4.69) is 23.8 Å². The van der Waals surface area contributed by atoms with Gasteiger partial charge in [-0.15, -0.1) is 0 Å². The van der Waals surface area contributed by atoms with E-state index in [9.17, 15) is 19.0 Å². The van der Waals surface area contributed by atoms with Crippen molar-refractivity contribution < 1.29 is 42.1 Å². The van der Waals surface area contributed by atoms with Gasteiger partial charge in [0.2, 0.25) is 0 Å². The smallest absolute Gasteiger partial charge is 0.464 e. The first-order valence-corrected chi connectivity index (χ1v) is 12.4. The molecule has 0 aliphatic rings. The maximum absolute atomic E-state index is 12.0. The number of allylic oxidation sites excluding steroid dienone is 2. The van der Waals surface area contributed by atoms with Crippen LogP contribution in [0.3, 0.4) is 0 Å². The maximum Gasteiger partial charge on any atom is 0.472 e. The summed E-state index contributed by atoms with van der Waals surface area (Å²) in [4.78, 5) is 32.2. The number of phosphoric acid groups is 1. The second-order valence-corrected chi connectivity index (χ2v) is 9.79. The first kappa shape index (κ1) is 29.8. The molecule has 0 aliphatic carbocycles. The van der Waals surface area contributed by atoms with E-state index in [1.165, 1.54) is 0 Å².